The summed E-state index contributed by atoms with van der Waals surface area (Å²) in [5.74, 6) is -0.197. The van der Waals surface area contributed by atoms with Crippen molar-refractivity contribution in [3.63, 3.8) is 0 Å². The number of carbonyl (C=O) groups excluding carboxylic acids is 1. The maximum atomic E-state index is 11.9. The summed E-state index contributed by atoms with van der Waals surface area (Å²) in [5.41, 5.74) is 6.25. The van der Waals surface area contributed by atoms with Gasteiger partial charge in [0.1, 0.15) is 33.5 Å². The predicted molar refractivity (Wildman–Crippen MR) is 102 cm³/mol. The summed E-state index contributed by atoms with van der Waals surface area (Å²) in [7, 11) is 4.78. The summed E-state index contributed by atoms with van der Waals surface area (Å²) >= 11 is 0.989. The molecule has 2 N–H and O–H groups in total. The van der Waals surface area contributed by atoms with Crippen molar-refractivity contribution in [2.75, 3.05) is 26.1 Å². The van der Waals surface area contributed by atoms with E-state index in [1.165, 1.54) is 19.3 Å². The molecule has 1 aromatic heterocycles. The highest BCUT2D eigenvalue weighted by Gasteiger charge is 2.27. The predicted octanol–water partition coefficient (Wildman–Crippen LogP) is 2.14. The van der Waals surface area contributed by atoms with Crippen LogP contribution in [0.25, 0.3) is 0 Å². The van der Waals surface area contributed by atoms with Crippen molar-refractivity contribution in [1.82, 2.24) is 4.98 Å². The van der Waals surface area contributed by atoms with Gasteiger partial charge in [0.2, 0.25) is 5.91 Å². The normalized spacial score (nSPS) is 11.7. The van der Waals surface area contributed by atoms with Crippen LogP contribution in [0, 0.1) is 22.7 Å². The van der Waals surface area contributed by atoms with Gasteiger partial charge < -0.3 is 15.4 Å². The highest BCUT2D eigenvalue weighted by Crippen LogP contribution is 2.38. The number of anilines is 1. The fraction of sp³-hybridized carbons (Fsp3) is 0.222. The van der Waals surface area contributed by atoms with E-state index < -0.39 is 11.2 Å². The Morgan fingerprint density at radius 2 is 1.96 bits per heavy atom. The van der Waals surface area contributed by atoms with E-state index in [2.05, 4.69) is 18.1 Å². The lowest BCUT2D eigenvalue weighted by Crippen LogP contribution is -2.27. The first-order chi connectivity index (χ1) is 12.4. The molecule has 0 saturated carbocycles. The van der Waals surface area contributed by atoms with Crippen LogP contribution in [-0.2, 0) is 4.79 Å². The van der Waals surface area contributed by atoms with Gasteiger partial charge in [-0.15, -0.1) is 0 Å². The molecule has 0 aliphatic rings. The number of nitrogens with two attached hydrogens (primary N) is 1. The minimum atomic E-state index is -0.835. The smallest absolute Gasteiger partial charge is 0.235 e. The molecule has 0 saturated heterocycles. The lowest BCUT2D eigenvalue weighted by molar-refractivity contribution is -0.116. The molecule has 0 radical (unpaired) electrons. The first-order valence-electron chi connectivity index (χ1n) is 7.36. The second kappa shape index (κ2) is 9.30. The van der Waals surface area contributed by atoms with Crippen molar-refractivity contribution in [1.29, 1.82) is 10.5 Å². The van der Waals surface area contributed by atoms with Gasteiger partial charge in [-0.05, 0) is 5.57 Å². The van der Waals surface area contributed by atoms with Crippen molar-refractivity contribution in [2.45, 2.75) is 10.3 Å². The van der Waals surface area contributed by atoms with E-state index in [-0.39, 0.29) is 21.9 Å². The average Bonchev–Trinajstić information content (AvgIpc) is 2.62. The third kappa shape index (κ3) is 4.24. The van der Waals surface area contributed by atoms with Crippen LogP contribution in [0.3, 0.4) is 0 Å². The Balaban J connectivity index is 3.69. The zero-order chi connectivity index (χ0) is 19.9. The number of methoxy groups -OCH3 is 1. The van der Waals surface area contributed by atoms with Gasteiger partial charge in [0.15, 0.2) is 11.6 Å². The summed E-state index contributed by atoms with van der Waals surface area (Å²) in [6.07, 6.45) is 4.61. The minimum Gasteiger partial charge on any atom is -0.494 e. The fourth-order valence-electron chi connectivity index (χ4n) is 2.14. The highest BCUT2D eigenvalue weighted by molar-refractivity contribution is 8.00. The van der Waals surface area contributed by atoms with Gasteiger partial charge in [-0.3, -0.25) is 4.79 Å². The number of hydrogen-bond acceptors (Lipinski definition) is 7. The molecule has 0 aromatic carbocycles. The molecule has 0 aliphatic carbocycles. The monoisotopic (exact) mass is 369 g/mol. The highest BCUT2D eigenvalue weighted by atomic mass is 32.2. The Hall–Kier alpha value is -3.23. The third-order valence-corrected chi connectivity index (χ3v) is 4.55. The van der Waals surface area contributed by atoms with E-state index in [1.54, 1.807) is 25.1 Å². The number of ether oxygens (including phenoxy) is 1. The third-order valence-electron chi connectivity index (χ3n) is 3.29. The lowest BCUT2D eigenvalue weighted by Gasteiger charge is -2.20. The zero-order valence-electron chi connectivity index (χ0n) is 14.8. The van der Waals surface area contributed by atoms with Crippen molar-refractivity contribution in [3.05, 3.63) is 48.1 Å². The Morgan fingerprint density at radius 1 is 1.35 bits per heavy atom. The van der Waals surface area contributed by atoms with E-state index in [0.717, 1.165) is 11.8 Å². The van der Waals surface area contributed by atoms with Crippen molar-refractivity contribution >= 4 is 23.5 Å². The van der Waals surface area contributed by atoms with Crippen molar-refractivity contribution < 1.29 is 9.53 Å². The zero-order valence-corrected chi connectivity index (χ0v) is 15.6. The van der Waals surface area contributed by atoms with E-state index >= 15 is 0 Å². The van der Waals surface area contributed by atoms with Gasteiger partial charge >= 0.3 is 0 Å². The van der Waals surface area contributed by atoms with Crippen LogP contribution in [0.15, 0.2) is 42.0 Å². The van der Waals surface area contributed by atoms with Crippen LogP contribution < -0.4 is 15.4 Å². The molecule has 7 nitrogen and oxygen atoms in total. The van der Waals surface area contributed by atoms with E-state index in [9.17, 15) is 15.3 Å². The second-order valence-corrected chi connectivity index (χ2v) is 6.24. The standard InChI is InChI=1S/C18H19N5O2S/c1-6-8-11(7-2)15(16(21)24)26-18-13(10-20)14(25-5)12(9-19)17(22-18)23(3)4/h6-8,15H,1-2H2,3-5H3,(H2,21,24)/b11-8+. The van der Waals surface area contributed by atoms with Crippen LogP contribution in [-0.4, -0.2) is 37.3 Å². The molecule has 26 heavy (non-hydrogen) atoms. The number of primary amides is 1. The van der Waals surface area contributed by atoms with E-state index in [0.29, 0.717) is 11.4 Å². The minimum absolute atomic E-state index is 0.0629. The Labute approximate surface area is 157 Å². The molecule has 0 bridgehead atoms. The molecule has 1 atom stereocenters. The molecule has 0 aliphatic heterocycles. The molecular weight excluding hydrogens is 350 g/mol. The van der Waals surface area contributed by atoms with E-state index in [1.807, 2.05) is 12.1 Å². The number of hydrogen-bond donors (Lipinski definition) is 1. The summed E-state index contributed by atoms with van der Waals surface area (Å²) in [6, 6.07) is 4.00. The number of amides is 1. The van der Waals surface area contributed by atoms with Gasteiger partial charge in [-0.25, -0.2) is 4.98 Å². The van der Waals surface area contributed by atoms with Gasteiger partial charge in [-0.2, -0.15) is 10.5 Å². The quantitative estimate of drug-likeness (QED) is 0.551. The maximum Gasteiger partial charge on any atom is 0.235 e. The number of rotatable bonds is 8. The molecule has 1 amide bonds. The molecule has 0 spiro atoms. The van der Waals surface area contributed by atoms with E-state index in [4.69, 9.17) is 10.5 Å². The average molecular weight is 369 g/mol. The maximum absolute atomic E-state index is 11.9. The van der Waals surface area contributed by atoms with Crippen LogP contribution in [0.2, 0.25) is 0 Å². The Kier molecular flexibility index (Phi) is 7.45. The molecule has 1 aromatic rings. The van der Waals surface area contributed by atoms with Crippen LogP contribution in [0.1, 0.15) is 11.1 Å². The number of allylic oxidation sites excluding steroid dienone is 3. The SMILES string of the molecule is C=C/C=C(\C=C)C(Sc1nc(N(C)C)c(C#N)c(OC)c1C#N)C(N)=O. The van der Waals surface area contributed by atoms with Crippen LogP contribution >= 0.6 is 11.8 Å². The summed E-state index contributed by atoms with van der Waals surface area (Å²) in [6.45, 7) is 7.28. The van der Waals surface area contributed by atoms with Crippen LogP contribution in [0.4, 0.5) is 5.82 Å². The number of aromatic nitrogens is 1. The molecule has 0 fully saturated rings. The summed E-state index contributed by atoms with van der Waals surface area (Å²) in [5, 5.41) is 18.4. The lowest BCUT2D eigenvalue weighted by atomic mass is 10.1. The second-order valence-electron chi connectivity index (χ2n) is 5.15. The molecule has 1 heterocycles. The number of thioether (sulfide) groups is 1. The number of nitriles is 2. The topological polar surface area (TPSA) is 116 Å². The summed E-state index contributed by atoms with van der Waals surface area (Å²) < 4.78 is 5.27. The molecule has 134 valence electrons. The first kappa shape index (κ1) is 20.8. The van der Waals surface area contributed by atoms with Gasteiger partial charge in [0, 0.05) is 14.1 Å². The number of pyridine rings is 1. The van der Waals surface area contributed by atoms with Crippen molar-refractivity contribution in [3.8, 4) is 17.9 Å². The van der Waals surface area contributed by atoms with Crippen LogP contribution in [0.5, 0.6) is 5.75 Å². The fourth-order valence-corrected chi connectivity index (χ4v) is 3.19. The number of carbonyl (C=O) groups is 1. The summed E-state index contributed by atoms with van der Waals surface area (Å²) in [4.78, 5) is 18.0. The first-order valence-corrected chi connectivity index (χ1v) is 8.24. The van der Waals surface area contributed by atoms with Gasteiger partial charge in [-0.1, -0.05) is 43.1 Å². The molecule has 1 rings (SSSR count). The van der Waals surface area contributed by atoms with Crippen molar-refractivity contribution in [2.24, 2.45) is 5.73 Å². The molecular formula is C18H19N5O2S. The van der Waals surface area contributed by atoms with Gasteiger partial charge in [0.05, 0.1) is 7.11 Å². The van der Waals surface area contributed by atoms with Gasteiger partial charge in [0.25, 0.3) is 0 Å². The number of nitrogens with zero attached hydrogens (tertiary/aromatic N) is 4. The molecule has 8 heteroatoms. The largest absolute Gasteiger partial charge is 0.494 e. The Morgan fingerprint density at radius 3 is 2.35 bits per heavy atom. The molecule has 1 unspecified atom stereocenters. The Bertz CT molecular complexity index is 847.